The highest BCUT2D eigenvalue weighted by atomic mass is 35.5. The molecule has 0 aliphatic heterocycles. The largest absolute Gasteiger partial charge is 0.473 e. The molecule has 3 rings (SSSR count). The van der Waals surface area contributed by atoms with Crippen LogP contribution in [0.4, 0.5) is 0 Å². The summed E-state index contributed by atoms with van der Waals surface area (Å²) in [6.45, 7) is 5.78. The highest BCUT2D eigenvalue weighted by Gasteiger charge is 2.11. The van der Waals surface area contributed by atoms with Crippen molar-refractivity contribution in [1.29, 1.82) is 0 Å². The molecule has 0 spiro atoms. The lowest BCUT2D eigenvalue weighted by Gasteiger charge is -2.16. The van der Waals surface area contributed by atoms with Crippen LogP contribution in [0.1, 0.15) is 43.0 Å². The fourth-order valence-corrected chi connectivity index (χ4v) is 3.61. The Morgan fingerprint density at radius 1 is 1.14 bits per heavy atom. The van der Waals surface area contributed by atoms with E-state index in [1.807, 2.05) is 55.7 Å². The summed E-state index contributed by atoms with van der Waals surface area (Å²) < 4.78 is 8.03. The molecule has 0 N–H and O–H groups in total. The van der Waals surface area contributed by atoms with Crippen molar-refractivity contribution in [3.63, 3.8) is 0 Å². The first-order valence-corrected chi connectivity index (χ1v) is 10.3. The summed E-state index contributed by atoms with van der Waals surface area (Å²) in [5.41, 5.74) is 3.38. The molecule has 2 aromatic heterocycles. The van der Waals surface area contributed by atoms with Gasteiger partial charge in [-0.2, -0.15) is 0 Å². The molecule has 0 fully saturated rings. The highest BCUT2D eigenvalue weighted by Crippen LogP contribution is 2.23. The Labute approximate surface area is 172 Å². The van der Waals surface area contributed by atoms with E-state index in [2.05, 4.69) is 27.7 Å². The Bertz CT molecular complexity index is 863. The van der Waals surface area contributed by atoms with Crippen molar-refractivity contribution in [3.8, 4) is 5.88 Å². The Balaban J connectivity index is 1.54. The number of hydrogen-bond acceptors (Lipinski definition) is 3. The second-order valence-corrected chi connectivity index (χ2v) is 7.67. The SMILES string of the molecule is CCC(CCCn1cnc(C)c1)Cc1cc(Cl)nc(OCc2ccccc2)c1. The molecule has 0 aliphatic rings. The smallest absolute Gasteiger partial charge is 0.215 e. The molecule has 0 saturated heterocycles. The van der Waals surface area contributed by atoms with Gasteiger partial charge in [-0.05, 0) is 49.3 Å². The topological polar surface area (TPSA) is 39.9 Å². The normalized spacial score (nSPS) is 12.1. The summed E-state index contributed by atoms with van der Waals surface area (Å²) in [6, 6.07) is 14.1. The third-order valence-corrected chi connectivity index (χ3v) is 5.15. The van der Waals surface area contributed by atoms with Crippen molar-refractivity contribution in [2.45, 2.75) is 52.7 Å². The molecule has 0 aliphatic carbocycles. The number of benzene rings is 1. The Hall–Kier alpha value is -2.33. The van der Waals surface area contributed by atoms with Crippen LogP contribution in [0.2, 0.25) is 5.15 Å². The molecule has 1 unspecified atom stereocenters. The van der Waals surface area contributed by atoms with Crippen LogP contribution in [0.3, 0.4) is 0 Å². The van der Waals surface area contributed by atoms with Gasteiger partial charge in [-0.25, -0.2) is 9.97 Å². The monoisotopic (exact) mass is 397 g/mol. The zero-order chi connectivity index (χ0) is 19.8. The summed E-state index contributed by atoms with van der Waals surface area (Å²) in [7, 11) is 0. The van der Waals surface area contributed by atoms with Gasteiger partial charge in [0, 0.05) is 18.8 Å². The summed E-state index contributed by atoms with van der Waals surface area (Å²) in [4.78, 5) is 8.61. The number of halogens is 1. The Morgan fingerprint density at radius 2 is 1.96 bits per heavy atom. The molecule has 2 heterocycles. The molecule has 0 bridgehead atoms. The van der Waals surface area contributed by atoms with Crippen molar-refractivity contribution in [3.05, 3.63) is 77.0 Å². The average molecular weight is 398 g/mol. The van der Waals surface area contributed by atoms with Gasteiger partial charge in [-0.3, -0.25) is 0 Å². The van der Waals surface area contributed by atoms with Crippen LogP contribution >= 0.6 is 11.6 Å². The fourth-order valence-electron chi connectivity index (χ4n) is 3.39. The van der Waals surface area contributed by atoms with E-state index < -0.39 is 0 Å². The number of aromatic nitrogens is 3. The van der Waals surface area contributed by atoms with Crippen molar-refractivity contribution in [1.82, 2.24) is 14.5 Å². The van der Waals surface area contributed by atoms with Gasteiger partial charge in [-0.1, -0.05) is 55.3 Å². The number of pyridine rings is 1. The first kappa shape index (κ1) is 20.4. The predicted octanol–water partition coefficient (Wildman–Crippen LogP) is 5.87. The summed E-state index contributed by atoms with van der Waals surface area (Å²) in [5.74, 6) is 1.21. The molecular formula is C23H28ClN3O. The van der Waals surface area contributed by atoms with Crippen LogP contribution in [0, 0.1) is 12.8 Å². The van der Waals surface area contributed by atoms with E-state index in [0.717, 1.165) is 37.1 Å². The number of aryl methyl sites for hydroxylation is 2. The lowest BCUT2D eigenvalue weighted by molar-refractivity contribution is 0.293. The van der Waals surface area contributed by atoms with Crippen LogP contribution in [-0.4, -0.2) is 14.5 Å². The van der Waals surface area contributed by atoms with Crippen molar-refractivity contribution in [2.24, 2.45) is 5.92 Å². The van der Waals surface area contributed by atoms with Crippen molar-refractivity contribution >= 4 is 11.6 Å². The van der Waals surface area contributed by atoms with E-state index in [9.17, 15) is 0 Å². The molecule has 4 nitrogen and oxygen atoms in total. The molecule has 1 aromatic carbocycles. The van der Waals surface area contributed by atoms with Crippen molar-refractivity contribution < 1.29 is 4.74 Å². The third kappa shape index (κ3) is 6.38. The molecular weight excluding hydrogens is 370 g/mol. The molecule has 0 radical (unpaired) electrons. The van der Waals surface area contributed by atoms with E-state index in [-0.39, 0.29) is 0 Å². The first-order chi connectivity index (χ1) is 13.6. The van der Waals surface area contributed by atoms with Gasteiger partial charge in [0.25, 0.3) is 0 Å². The number of nitrogens with zero attached hydrogens (tertiary/aromatic N) is 3. The maximum absolute atomic E-state index is 6.24. The molecule has 148 valence electrons. The van der Waals surface area contributed by atoms with E-state index in [1.54, 1.807) is 0 Å². The van der Waals surface area contributed by atoms with Crippen LogP contribution < -0.4 is 4.74 Å². The van der Waals surface area contributed by atoms with E-state index in [0.29, 0.717) is 23.6 Å². The maximum atomic E-state index is 6.24. The minimum absolute atomic E-state index is 0.490. The summed E-state index contributed by atoms with van der Waals surface area (Å²) in [5, 5.41) is 0.490. The van der Waals surface area contributed by atoms with Gasteiger partial charge in [0.2, 0.25) is 5.88 Å². The summed E-state index contributed by atoms with van der Waals surface area (Å²) in [6.07, 6.45) is 8.46. The van der Waals surface area contributed by atoms with Crippen LogP contribution in [-0.2, 0) is 19.6 Å². The van der Waals surface area contributed by atoms with Gasteiger partial charge in [0.05, 0.1) is 12.0 Å². The fraction of sp³-hybridized carbons (Fsp3) is 0.391. The first-order valence-electron chi connectivity index (χ1n) is 9.94. The maximum Gasteiger partial charge on any atom is 0.215 e. The molecule has 28 heavy (non-hydrogen) atoms. The summed E-state index contributed by atoms with van der Waals surface area (Å²) >= 11 is 6.24. The van der Waals surface area contributed by atoms with Gasteiger partial charge < -0.3 is 9.30 Å². The minimum Gasteiger partial charge on any atom is -0.473 e. The quantitative estimate of drug-likeness (QED) is 0.402. The number of imidazole rings is 1. The van der Waals surface area contributed by atoms with Gasteiger partial charge in [-0.15, -0.1) is 0 Å². The Kier molecular flexibility index (Phi) is 7.49. The molecule has 1 atom stereocenters. The lowest BCUT2D eigenvalue weighted by Crippen LogP contribution is -2.07. The van der Waals surface area contributed by atoms with Crippen LogP contribution in [0.15, 0.2) is 55.0 Å². The number of rotatable bonds is 10. The minimum atomic E-state index is 0.490. The standard InChI is InChI=1S/C23H28ClN3O/c1-3-19(10-7-11-27-15-18(2)25-17-27)12-21-13-22(24)26-23(14-21)28-16-20-8-5-4-6-9-20/h4-6,8-9,13-15,17,19H,3,7,10-12,16H2,1-2H3. The zero-order valence-electron chi connectivity index (χ0n) is 16.6. The highest BCUT2D eigenvalue weighted by molar-refractivity contribution is 6.29. The number of ether oxygens (including phenoxy) is 1. The molecule has 0 saturated carbocycles. The average Bonchev–Trinajstić information content (AvgIpc) is 3.11. The van der Waals surface area contributed by atoms with Gasteiger partial charge in [0.1, 0.15) is 11.8 Å². The number of hydrogen-bond donors (Lipinski definition) is 0. The second kappa shape index (κ2) is 10.3. The van der Waals surface area contributed by atoms with E-state index in [4.69, 9.17) is 16.3 Å². The lowest BCUT2D eigenvalue weighted by atomic mass is 9.93. The van der Waals surface area contributed by atoms with E-state index in [1.165, 1.54) is 12.0 Å². The van der Waals surface area contributed by atoms with Gasteiger partial charge in [0.15, 0.2) is 0 Å². The predicted molar refractivity (Wildman–Crippen MR) is 114 cm³/mol. The second-order valence-electron chi connectivity index (χ2n) is 7.28. The molecule has 5 heteroatoms. The van der Waals surface area contributed by atoms with Gasteiger partial charge >= 0.3 is 0 Å². The third-order valence-electron chi connectivity index (χ3n) is 4.95. The van der Waals surface area contributed by atoms with E-state index >= 15 is 0 Å². The van der Waals surface area contributed by atoms with Crippen LogP contribution in [0.5, 0.6) is 5.88 Å². The zero-order valence-corrected chi connectivity index (χ0v) is 17.4. The van der Waals surface area contributed by atoms with Crippen molar-refractivity contribution in [2.75, 3.05) is 0 Å². The Morgan fingerprint density at radius 3 is 2.68 bits per heavy atom. The molecule has 3 aromatic rings. The van der Waals surface area contributed by atoms with Crippen LogP contribution in [0.25, 0.3) is 0 Å². The molecule has 0 amide bonds.